The van der Waals surface area contributed by atoms with Crippen LogP contribution in [-0.4, -0.2) is 53.8 Å². The van der Waals surface area contributed by atoms with Gasteiger partial charge < -0.3 is 23.7 Å². The summed E-state index contributed by atoms with van der Waals surface area (Å²) in [7, 11) is 0. The molecule has 0 aliphatic carbocycles. The highest BCUT2D eigenvalue weighted by molar-refractivity contribution is 6.46. The number of Topliss-reactive ketones (excluding diaryl/α,β-unsaturated/α-hetero) is 1. The number of pyridine rings is 1. The molecule has 9 nitrogen and oxygen atoms in total. The quantitative estimate of drug-likeness (QED) is 0.105. The number of fused-ring (bicyclic) bond motifs is 1. The van der Waals surface area contributed by atoms with Crippen LogP contribution in [0.25, 0.3) is 11.4 Å². The fourth-order valence-electron chi connectivity index (χ4n) is 5.44. The minimum Gasteiger partial charge on any atom is -0.505 e. The summed E-state index contributed by atoms with van der Waals surface area (Å²) in [4.78, 5) is 37.2. The molecule has 1 aliphatic heterocycles. The average Bonchev–Trinajstić information content (AvgIpc) is 3.68. The minimum absolute atomic E-state index is 0.0509. The zero-order chi connectivity index (χ0) is 28.9. The Kier molecular flexibility index (Phi) is 8.52. The lowest BCUT2D eigenvalue weighted by Gasteiger charge is -2.25. The molecular weight excluding hydrogens is 518 g/mol. The number of amides is 1. The van der Waals surface area contributed by atoms with E-state index in [4.69, 9.17) is 4.74 Å². The normalized spacial score (nSPS) is 16.7. The number of aromatic nitrogens is 4. The zero-order valence-corrected chi connectivity index (χ0v) is 23.9. The Labute approximate surface area is 240 Å². The molecule has 214 valence electrons. The van der Waals surface area contributed by atoms with Gasteiger partial charge in [-0.15, -0.1) is 0 Å². The number of hydrogen-bond acceptors (Lipinski definition) is 6. The van der Waals surface area contributed by atoms with Crippen molar-refractivity contribution >= 4 is 23.1 Å². The van der Waals surface area contributed by atoms with Crippen LogP contribution in [0.4, 0.5) is 0 Å². The first-order chi connectivity index (χ1) is 19.9. The first-order valence-corrected chi connectivity index (χ1v) is 14.3. The second kappa shape index (κ2) is 12.4. The third kappa shape index (κ3) is 5.75. The Morgan fingerprint density at radius 3 is 2.51 bits per heavy atom. The van der Waals surface area contributed by atoms with Gasteiger partial charge in [-0.3, -0.25) is 9.59 Å². The van der Waals surface area contributed by atoms with Crippen LogP contribution in [0.2, 0.25) is 0 Å². The number of aliphatic hydroxyl groups excluding tert-OH is 1. The van der Waals surface area contributed by atoms with Crippen LogP contribution in [-0.2, 0) is 16.1 Å². The zero-order valence-electron chi connectivity index (χ0n) is 23.9. The molecule has 1 unspecified atom stereocenters. The van der Waals surface area contributed by atoms with Crippen molar-refractivity contribution < 1.29 is 19.4 Å². The lowest BCUT2D eigenvalue weighted by molar-refractivity contribution is -0.139. The van der Waals surface area contributed by atoms with Crippen molar-refractivity contribution in [3.05, 3.63) is 89.4 Å². The van der Waals surface area contributed by atoms with Crippen LogP contribution in [0.15, 0.2) is 66.9 Å². The van der Waals surface area contributed by atoms with Crippen LogP contribution >= 0.6 is 0 Å². The number of rotatable bonds is 12. The lowest BCUT2D eigenvalue weighted by atomic mass is 9.96. The van der Waals surface area contributed by atoms with E-state index < -0.39 is 17.7 Å². The van der Waals surface area contributed by atoms with E-state index in [1.54, 1.807) is 17.4 Å². The van der Waals surface area contributed by atoms with Gasteiger partial charge in [-0.05, 0) is 56.0 Å². The second-order valence-electron chi connectivity index (χ2n) is 10.6. The lowest BCUT2D eigenvalue weighted by Crippen LogP contribution is -2.31. The number of unbranched alkanes of at least 4 members (excludes halogenated alkanes) is 3. The first-order valence-electron chi connectivity index (χ1n) is 14.3. The topological polar surface area (TPSA) is 102 Å². The van der Waals surface area contributed by atoms with E-state index in [0.29, 0.717) is 43.2 Å². The summed E-state index contributed by atoms with van der Waals surface area (Å²) in [6.07, 6.45) is 12.3. The minimum atomic E-state index is -0.748. The molecular formula is C32H37N5O4. The molecule has 1 amide bonds. The molecule has 0 saturated carbocycles. The SMILES string of the molecule is CCCCCCOc1ccc(C2C(=C(O)c3nc4c(C)cccn4c3C)C(=O)C(=O)N2CCCn2ccnc2)cc1. The summed E-state index contributed by atoms with van der Waals surface area (Å²) in [6.45, 7) is 7.58. The molecule has 5 rings (SSSR count). The molecule has 1 atom stereocenters. The third-order valence-electron chi connectivity index (χ3n) is 7.69. The smallest absolute Gasteiger partial charge is 0.295 e. The molecule has 1 aliphatic rings. The second-order valence-corrected chi connectivity index (χ2v) is 10.6. The maximum absolute atomic E-state index is 13.5. The first kappa shape index (κ1) is 28.1. The molecule has 1 N–H and O–H groups in total. The number of likely N-dealkylation sites (tertiary alicyclic amines) is 1. The predicted molar refractivity (Wildman–Crippen MR) is 157 cm³/mol. The predicted octanol–water partition coefficient (Wildman–Crippen LogP) is 5.62. The van der Waals surface area contributed by atoms with Gasteiger partial charge in [0, 0.05) is 31.7 Å². The summed E-state index contributed by atoms with van der Waals surface area (Å²) in [5.74, 6) is -0.869. The standard InChI is InChI=1S/C32H37N5O4/c1-4-5-6-7-20-41-25-13-11-24(12-14-25)28-26(29(38)27-23(3)36-17-8-10-22(2)31(36)34-27)30(39)32(40)37(28)18-9-16-35-19-15-33-21-35/h8,10-15,17,19,21,28,38H,4-7,9,16,18,20H2,1-3H3. The Balaban J connectivity index is 1.49. The van der Waals surface area contributed by atoms with Gasteiger partial charge >= 0.3 is 0 Å². The molecule has 0 bridgehead atoms. The number of nitrogens with zero attached hydrogens (tertiary/aromatic N) is 5. The number of benzene rings is 1. The van der Waals surface area contributed by atoms with E-state index in [2.05, 4.69) is 16.9 Å². The number of carbonyl (C=O) groups excluding carboxylic acids is 2. The molecule has 1 fully saturated rings. The van der Waals surface area contributed by atoms with Gasteiger partial charge in [0.05, 0.1) is 30.2 Å². The fourth-order valence-corrected chi connectivity index (χ4v) is 5.44. The summed E-state index contributed by atoms with van der Waals surface area (Å²) in [5, 5.41) is 11.6. The highest BCUT2D eigenvalue weighted by atomic mass is 16.5. The average molecular weight is 556 g/mol. The summed E-state index contributed by atoms with van der Waals surface area (Å²) in [5.41, 5.74) is 3.40. The van der Waals surface area contributed by atoms with Crippen molar-refractivity contribution in [1.82, 2.24) is 23.8 Å². The fraction of sp³-hybridized carbons (Fsp3) is 0.375. The van der Waals surface area contributed by atoms with Crippen molar-refractivity contribution in [2.75, 3.05) is 13.2 Å². The maximum Gasteiger partial charge on any atom is 0.295 e. The van der Waals surface area contributed by atoms with Crippen molar-refractivity contribution in [3.8, 4) is 5.75 Å². The summed E-state index contributed by atoms with van der Waals surface area (Å²) < 4.78 is 9.73. The molecule has 41 heavy (non-hydrogen) atoms. The van der Waals surface area contributed by atoms with E-state index in [0.717, 1.165) is 29.7 Å². The monoisotopic (exact) mass is 555 g/mol. The number of aliphatic hydroxyl groups is 1. The third-order valence-corrected chi connectivity index (χ3v) is 7.69. The highest BCUT2D eigenvalue weighted by Gasteiger charge is 2.46. The number of hydrogen-bond donors (Lipinski definition) is 1. The molecule has 1 saturated heterocycles. The largest absolute Gasteiger partial charge is 0.505 e. The van der Waals surface area contributed by atoms with Crippen molar-refractivity contribution in [2.24, 2.45) is 0 Å². The molecule has 4 heterocycles. The summed E-state index contributed by atoms with van der Waals surface area (Å²) in [6, 6.07) is 10.6. The van der Waals surface area contributed by atoms with E-state index in [1.807, 2.05) is 71.6 Å². The van der Waals surface area contributed by atoms with Gasteiger partial charge in [-0.2, -0.15) is 0 Å². The van der Waals surface area contributed by atoms with Crippen LogP contribution in [0, 0.1) is 13.8 Å². The van der Waals surface area contributed by atoms with Gasteiger partial charge in [0.25, 0.3) is 11.7 Å². The van der Waals surface area contributed by atoms with Gasteiger partial charge in [-0.1, -0.05) is 44.4 Å². The molecule has 9 heteroatoms. The number of aryl methyl sites for hydroxylation is 3. The van der Waals surface area contributed by atoms with E-state index >= 15 is 0 Å². The van der Waals surface area contributed by atoms with Gasteiger partial charge in [0.15, 0.2) is 5.76 Å². The van der Waals surface area contributed by atoms with Crippen LogP contribution in [0.5, 0.6) is 5.75 Å². The maximum atomic E-state index is 13.5. The number of imidazole rings is 2. The Hall–Kier alpha value is -4.40. The number of ether oxygens (including phenoxy) is 1. The summed E-state index contributed by atoms with van der Waals surface area (Å²) >= 11 is 0. The van der Waals surface area contributed by atoms with Crippen LogP contribution < -0.4 is 4.74 Å². The van der Waals surface area contributed by atoms with Crippen LogP contribution in [0.3, 0.4) is 0 Å². The molecule has 4 aromatic rings. The Morgan fingerprint density at radius 2 is 1.80 bits per heavy atom. The van der Waals surface area contributed by atoms with Gasteiger partial charge in [-0.25, -0.2) is 9.97 Å². The van der Waals surface area contributed by atoms with E-state index in [-0.39, 0.29) is 11.3 Å². The molecule has 1 aromatic carbocycles. The molecule has 0 radical (unpaired) electrons. The van der Waals surface area contributed by atoms with E-state index in [9.17, 15) is 14.7 Å². The molecule has 3 aromatic heterocycles. The Bertz CT molecular complexity index is 1550. The van der Waals surface area contributed by atoms with Crippen molar-refractivity contribution in [2.45, 2.75) is 65.5 Å². The Morgan fingerprint density at radius 1 is 1.00 bits per heavy atom. The van der Waals surface area contributed by atoms with Crippen molar-refractivity contribution in [1.29, 1.82) is 0 Å². The molecule has 0 spiro atoms. The van der Waals surface area contributed by atoms with Gasteiger partial charge in [0.1, 0.15) is 17.1 Å². The highest BCUT2D eigenvalue weighted by Crippen LogP contribution is 2.40. The van der Waals surface area contributed by atoms with Gasteiger partial charge in [0.2, 0.25) is 0 Å². The van der Waals surface area contributed by atoms with E-state index in [1.165, 1.54) is 12.8 Å². The van der Waals surface area contributed by atoms with Crippen molar-refractivity contribution in [3.63, 3.8) is 0 Å². The number of ketones is 1. The number of carbonyl (C=O) groups is 2. The van der Waals surface area contributed by atoms with Crippen LogP contribution in [0.1, 0.15) is 67.6 Å².